The molecule has 1 N–H and O–H groups in total. The normalized spacial score (nSPS) is 19.1. The number of hydrogen-bond acceptors (Lipinski definition) is 4. The molecule has 0 radical (unpaired) electrons. The van der Waals surface area contributed by atoms with Gasteiger partial charge in [-0.2, -0.15) is 13.2 Å². The van der Waals surface area contributed by atoms with Crippen LogP contribution < -0.4 is 0 Å². The molecule has 1 unspecified atom stereocenters. The number of aliphatic carboxylic acids is 1. The van der Waals surface area contributed by atoms with E-state index < -0.39 is 38.0 Å². The largest absolute Gasteiger partial charge is 0.501 e. The number of hydrogen-bond donors (Lipinski definition) is 1. The second-order valence-electron chi connectivity index (χ2n) is 5.40. The second-order valence-corrected chi connectivity index (χ2v) is 7.34. The van der Waals surface area contributed by atoms with Crippen molar-refractivity contribution in [2.45, 2.75) is 23.2 Å². The number of carboxylic acid groups (broad SMARTS) is 1. The Morgan fingerprint density at radius 1 is 1.17 bits per heavy atom. The molecule has 10 heteroatoms. The first kappa shape index (κ1) is 18.2. The SMILES string of the molecule is O=C(O)C1CCCN(C(=O)c2ccc(S(=O)(=O)C(F)(F)F)cc2)C1. The van der Waals surface area contributed by atoms with Crippen LogP contribution in [0.1, 0.15) is 23.2 Å². The van der Waals surface area contributed by atoms with Crippen molar-refractivity contribution in [3.05, 3.63) is 29.8 Å². The van der Waals surface area contributed by atoms with Gasteiger partial charge in [0.15, 0.2) is 0 Å². The lowest BCUT2D eigenvalue weighted by Gasteiger charge is -2.30. The molecule has 2 rings (SSSR count). The van der Waals surface area contributed by atoms with Crippen LogP contribution in [0.2, 0.25) is 0 Å². The zero-order chi connectivity index (χ0) is 18.1. The predicted octanol–water partition coefficient (Wildman–Crippen LogP) is 1.92. The van der Waals surface area contributed by atoms with Gasteiger partial charge in [-0.15, -0.1) is 0 Å². The van der Waals surface area contributed by atoms with Crippen LogP contribution >= 0.6 is 0 Å². The molecule has 1 saturated heterocycles. The van der Waals surface area contributed by atoms with E-state index in [0.29, 0.717) is 31.5 Å². The van der Waals surface area contributed by atoms with E-state index in [-0.39, 0.29) is 12.1 Å². The minimum absolute atomic E-state index is 0.00200. The summed E-state index contributed by atoms with van der Waals surface area (Å²) < 4.78 is 59.9. The summed E-state index contributed by atoms with van der Waals surface area (Å²) in [6, 6.07) is 3.42. The van der Waals surface area contributed by atoms with Crippen molar-refractivity contribution in [1.82, 2.24) is 4.90 Å². The fraction of sp³-hybridized carbons (Fsp3) is 0.429. The van der Waals surface area contributed by atoms with E-state index in [2.05, 4.69) is 0 Å². The third-order valence-electron chi connectivity index (χ3n) is 3.77. The van der Waals surface area contributed by atoms with Crippen molar-refractivity contribution in [2.75, 3.05) is 13.1 Å². The number of sulfone groups is 1. The van der Waals surface area contributed by atoms with E-state index in [4.69, 9.17) is 5.11 Å². The summed E-state index contributed by atoms with van der Waals surface area (Å²) in [4.78, 5) is 23.6. The lowest BCUT2D eigenvalue weighted by Crippen LogP contribution is -2.42. The number of benzene rings is 1. The summed E-state index contributed by atoms with van der Waals surface area (Å²) in [5, 5.41) is 9.00. The molecule has 1 heterocycles. The first-order valence-electron chi connectivity index (χ1n) is 6.97. The lowest BCUT2D eigenvalue weighted by molar-refractivity contribution is -0.143. The van der Waals surface area contributed by atoms with Crippen molar-refractivity contribution in [2.24, 2.45) is 5.92 Å². The molecule has 1 aliphatic rings. The molecule has 1 aromatic rings. The molecule has 132 valence electrons. The van der Waals surface area contributed by atoms with Gasteiger partial charge >= 0.3 is 11.5 Å². The summed E-state index contributed by atoms with van der Waals surface area (Å²) >= 11 is 0. The number of alkyl halides is 3. The van der Waals surface area contributed by atoms with Crippen LogP contribution in [0, 0.1) is 5.92 Å². The van der Waals surface area contributed by atoms with Crippen LogP contribution in [0.15, 0.2) is 29.2 Å². The zero-order valence-electron chi connectivity index (χ0n) is 12.3. The highest BCUT2D eigenvalue weighted by Gasteiger charge is 2.46. The van der Waals surface area contributed by atoms with Crippen molar-refractivity contribution >= 4 is 21.7 Å². The van der Waals surface area contributed by atoms with E-state index >= 15 is 0 Å². The molecule has 24 heavy (non-hydrogen) atoms. The van der Waals surface area contributed by atoms with Gasteiger partial charge in [-0.1, -0.05) is 0 Å². The van der Waals surface area contributed by atoms with Gasteiger partial charge in [0.1, 0.15) is 0 Å². The number of nitrogens with zero attached hydrogens (tertiary/aromatic N) is 1. The molecule has 1 fully saturated rings. The smallest absolute Gasteiger partial charge is 0.481 e. The van der Waals surface area contributed by atoms with Gasteiger partial charge in [-0.3, -0.25) is 9.59 Å². The second kappa shape index (κ2) is 6.42. The minimum Gasteiger partial charge on any atom is -0.481 e. The molecule has 1 atom stereocenters. The molecule has 1 aromatic carbocycles. The predicted molar refractivity (Wildman–Crippen MR) is 75.9 cm³/mol. The van der Waals surface area contributed by atoms with Crippen molar-refractivity contribution in [3.8, 4) is 0 Å². The Kier molecular flexibility index (Phi) is 4.88. The average Bonchev–Trinajstić information content (AvgIpc) is 2.53. The Bertz CT molecular complexity index is 743. The molecule has 0 spiro atoms. The molecule has 0 saturated carbocycles. The highest BCUT2D eigenvalue weighted by Crippen LogP contribution is 2.30. The molecular formula is C14H14F3NO5S. The first-order valence-corrected chi connectivity index (χ1v) is 8.46. The fourth-order valence-corrected chi connectivity index (χ4v) is 3.22. The number of carbonyl (C=O) groups excluding carboxylic acids is 1. The molecule has 0 aliphatic carbocycles. The summed E-state index contributed by atoms with van der Waals surface area (Å²) in [6.45, 7) is 0.349. The van der Waals surface area contributed by atoms with Gasteiger partial charge in [-0.25, -0.2) is 8.42 Å². The average molecular weight is 365 g/mol. The van der Waals surface area contributed by atoms with Crippen LogP contribution in [-0.2, 0) is 14.6 Å². The maximum Gasteiger partial charge on any atom is 0.501 e. The standard InChI is InChI=1S/C14H14F3NO5S/c15-14(16,17)24(22,23)11-5-3-9(4-6-11)12(19)18-7-1-2-10(8-18)13(20)21/h3-6,10H,1-2,7-8H2,(H,20,21). The number of likely N-dealkylation sites (tertiary alicyclic amines) is 1. The van der Waals surface area contributed by atoms with Crippen LogP contribution in [0.25, 0.3) is 0 Å². The maximum atomic E-state index is 12.5. The Labute approximate surface area is 135 Å². The van der Waals surface area contributed by atoms with Crippen LogP contribution in [-0.4, -0.2) is 48.9 Å². The molecule has 0 aromatic heterocycles. The lowest BCUT2D eigenvalue weighted by atomic mass is 9.97. The van der Waals surface area contributed by atoms with Gasteiger partial charge in [0.05, 0.1) is 10.8 Å². The van der Waals surface area contributed by atoms with E-state index in [1.165, 1.54) is 4.90 Å². The quantitative estimate of drug-likeness (QED) is 0.884. The van der Waals surface area contributed by atoms with Crippen LogP contribution in [0.4, 0.5) is 13.2 Å². The topological polar surface area (TPSA) is 91.8 Å². The Hall–Kier alpha value is -2.10. The van der Waals surface area contributed by atoms with Crippen LogP contribution in [0.3, 0.4) is 0 Å². The molecule has 0 bridgehead atoms. The summed E-state index contributed by atoms with van der Waals surface area (Å²) in [6.07, 6.45) is 0.950. The molecular weight excluding hydrogens is 351 g/mol. The fourth-order valence-electron chi connectivity index (χ4n) is 2.46. The number of piperidine rings is 1. The number of rotatable bonds is 3. The van der Waals surface area contributed by atoms with Gasteiger partial charge in [-0.05, 0) is 37.1 Å². The number of carboxylic acids is 1. The minimum atomic E-state index is -5.47. The number of amides is 1. The summed E-state index contributed by atoms with van der Waals surface area (Å²) in [5.74, 6) is -2.25. The van der Waals surface area contributed by atoms with Crippen molar-refractivity contribution in [3.63, 3.8) is 0 Å². The third-order valence-corrected chi connectivity index (χ3v) is 5.28. The Morgan fingerprint density at radius 3 is 2.25 bits per heavy atom. The van der Waals surface area contributed by atoms with Crippen molar-refractivity contribution < 1.29 is 36.3 Å². The highest BCUT2D eigenvalue weighted by atomic mass is 32.2. The summed E-state index contributed by atoms with van der Waals surface area (Å²) in [5.41, 5.74) is -5.41. The van der Waals surface area contributed by atoms with E-state index in [1.54, 1.807) is 0 Å². The molecule has 6 nitrogen and oxygen atoms in total. The maximum absolute atomic E-state index is 12.5. The molecule has 1 aliphatic heterocycles. The van der Waals surface area contributed by atoms with E-state index in [0.717, 1.165) is 12.1 Å². The van der Waals surface area contributed by atoms with Gasteiger partial charge in [0, 0.05) is 18.7 Å². The van der Waals surface area contributed by atoms with Crippen molar-refractivity contribution in [1.29, 1.82) is 0 Å². The number of halogens is 3. The summed E-state index contributed by atoms with van der Waals surface area (Å²) in [7, 11) is -5.47. The Morgan fingerprint density at radius 2 is 1.75 bits per heavy atom. The zero-order valence-corrected chi connectivity index (χ0v) is 13.1. The highest BCUT2D eigenvalue weighted by molar-refractivity contribution is 7.92. The monoisotopic (exact) mass is 365 g/mol. The van der Waals surface area contributed by atoms with Gasteiger partial charge in [0.2, 0.25) is 0 Å². The van der Waals surface area contributed by atoms with Gasteiger partial charge < -0.3 is 10.0 Å². The third kappa shape index (κ3) is 3.53. The van der Waals surface area contributed by atoms with Crippen LogP contribution in [0.5, 0.6) is 0 Å². The Balaban J connectivity index is 2.19. The first-order chi connectivity index (χ1) is 11.0. The molecule has 1 amide bonds. The number of carbonyl (C=O) groups is 2. The van der Waals surface area contributed by atoms with E-state index in [1.807, 2.05) is 0 Å². The van der Waals surface area contributed by atoms with Gasteiger partial charge in [0.25, 0.3) is 15.7 Å². The van der Waals surface area contributed by atoms with E-state index in [9.17, 15) is 31.2 Å².